The van der Waals surface area contributed by atoms with Crippen molar-refractivity contribution < 1.29 is 0 Å². The van der Waals surface area contributed by atoms with Gasteiger partial charge in [0.1, 0.15) is 0 Å². The maximum Gasteiger partial charge on any atom is 0.0776 e. The molecule has 51 heavy (non-hydrogen) atoms. The molecule has 3 nitrogen and oxygen atoms in total. The summed E-state index contributed by atoms with van der Waals surface area (Å²) in [5.74, 6) is 0.328. The topological polar surface area (TPSA) is 29.9 Å². The molecule has 3 heterocycles. The van der Waals surface area contributed by atoms with E-state index >= 15 is 0 Å². The fraction of sp³-hybridized carbons (Fsp3) is 0.0625. The lowest BCUT2D eigenvalue weighted by atomic mass is 9.91. The van der Waals surface area contributed by atoms with Crippen molar-refractivity contribution in [2.45, 2.75) is 18.4 Å². The number of allylic oxidation sites excluding steroid dienone is 7. The molecule has 5 aromatic carbocycles. The van der Waals surface area contributed by atoms with Gasteiger partial charge in [0.15, 0.2) is 0 Å². The molecule has 2 aliphatic rings. The van der Waals surface area contributed by atoms with Crippen molar-refractivity contribution >= 4 is 33.2 Å². The molecule has 0 bridgehead atoms. The Hall–Kier alpha value is -6.45. The van der Waals surface area contributed by atoms with Gasteiger partial charge in [-0.25, -0.2) is 0 Å². The molecule has 9 rings (SSSR count). The lowest BCUT2D eigenvalue weighted by molar-refractivity contribution is 0.805. The third-order valence-corrected chi connectivity index (χ3v) is 10.1. The number of rotatable bonds is 8. The number of hydrogen-bond donors (Lipinski definition) is 1. The van der Waals surface area contributed by atoms with Crippen LogP contribution in [0.25, 0.3) is 61.0 Å². The fourth-order valence-corrected chi connectivity index (χ4v) is 7.73. The van der Waals surface area contributed by atoms with Crippen molar-refractivity contribution in [2.75, 3.05) is 5.32 Å². The van der Waals surface area contributed by atoms with E-state index in [1.807, 2.05) is 6.08 Å². The minimum absolute atomic E-state index is 0.259. The molecule has 2 unspecified atom stereocenters. The van der Waals surface area contributed by atoms with Crippen LogP contribution in [0, 0.1) is 0 Å². The van der Waals surface area contributed by atoms with Crippen LogP contribution in [0.15, 0.2) is 189 Å². The molecule has 0 fully saturated rings. The zero-order chi connectivity index (χ0) is 34.1. The van der Waals surface area contributed by atoms with Crippen molar-refractivity contribution in [1.82, 2.24) is 9.55 Å². The lowest BCUT2D eigenvalue weighted by Gasteiger charge is -2.15. The molecule has 3 heteroatoms. The van der Waals surface area contributed by atoms with Crippen LogP contribution in [0.5, 0.6) is 0 Å². The van der Waals surface area contributed by atoms with E-state index in [4.69, 9.17) is 4.98 Å². The Kier molecular flexibility index (Phi) is 7.87. The molecule has 244 valence electrons. The smallest absolute Gasteiger partial charge is 0.0776 e. The second-order valence-corrected chi connectivity index (χ2v) is 13.2. The summed E-state index contributed by atoms with van der Waals surface area (Å²) in [6, 6.07) is 47.8. The second kappa shape index (κ2) is 13.1. The molecule has 1 aliphatic heterocycles. The highest BCUT2D eigenvalue weighted by atomic mass is 15.0. The van der Waals surface area contributed by atoms with Crippen molar-refractivity contribution in [1.29, 1.82) is 0 Å². The number of fused-ring (bicyclic) bond motifs is 7. The Balaban J connectivity index is 1.12. The molecule has 2 atom stereocenters. The number of pyridine rings is 1. The lowest BCUT2D eigenvalue weighted by Crippen LogP contribution is -2.17. The van der Waals surface area contributed by atoms with Crippen LogP contribution < -0.4 is 5.32 Å². The fourth-order valence-electron chi connectivity index (χ4n) is 7.73. The molecule has 0 saturated heterocycles. The van der Waals surface area contributed by atoms with Gasteiger partial charge in [-0.2, -0.15) is 0 Å². The van der Waals surface area contributed by atoms with Crippen molar-refractivity contribution in [2.24, 2.45) is 0 Å². The van der Waals surface area contributed by atoms with E-state index < -0.39 is 0 Å². The van der Waals surface area contributed by atoms with E-state index in [1.54, 1.807) is 0 Å². The molecule has 1 aliphatic carbocycles. The van der Waals surface area contributed by atoms with Crippen LogP contribution in [0.2, 0.25) is 0 Å². The average Bonchev–Trinajstić information content (AvgIpc) is 3.74. The van der Waals surface area contributed by atoms with Crippen LogP contribution in [0.4, 0.5) is 5.69 Å². The van der Waals surface area contributed by atoms with E-state index in [1.165, 1.54) is 49.7 Å². The highest BCUT2D eigenvalue weighted by molar-refractivity contribution is 6.15. The van der Waals surface area contributed by atoms with Gasteiger partial charge in [-0.1, -0.05) is 152 Å². The third-order valence-electron chi connectivity index (χ3n) is 10.1. The van der Waals surface area contributed by atoms with Crippen LogP contribution in [-0.2, 0) is 6.42 Å². The van der Waals surface area contributed by atoms with Gasteiger partial charge in [-0.3, -0.25) is 4.98 Å². The summed E-state index contributed by atoms with van der Waals surface area (Å²) in [6.07, 6.45) is 18.0. The van der Waals surface area contributed by atoms with Crippen molar-refractivity contribution in [3.63, 3.8) is 0 Å². The van der Waals surface area contributed by atoms with Gasteiger partial charge >= 0.3 is 0 Å². The average molecular weight is 656 g/mol. The molecule has 0 radical (unpaired) electrons. The maximum absolute atomic E-state index is 5.24. The minimum atomic E-state index is 0.259. The number of nitrogens with one attached hydrogen (secondary N) is 1. The van der Waals surface area contributed by atoms with Crippen molar-refractivity contribution in [3.8, 4) is 33.5 Å². The highest BCUT2D eigenvalue weighted by Gasteiger charge is 2.32. The molecule has 1 N–H and O–H groups in total. The second-order valence-electron chi connectivity index (χ2n) is 13.2. The molecular formula is C48H37N3. The molecule has 0 amide bonds. The summed E-state index contributed by atoms with van der Waals surface area (Å²) in [6.45, 7) is 4.12. The molecule has 2 aromatic heterocycles. The first-order valence-electron chi connectivity index (χ1n) is 17.6. The van der Waals surface area contributed by atoms with E-state index in [-0.39, 0.29) is 6.04 Å². The molecule has 7 aromatic rings. The summed E-state index contributed by atoms with van der Waals surface area (Å²) in [4.78, 5) is 5.24. The summed E-state index contributed by atoms with van der Waals surface area (Å²) in [5, 5.41) is 6.35. The summed E-state index contributed by atoms with van der Waals surface area (Å²) in [7, 11) is 0. The predicted octanol–water partition coefficient (Wildman–Crippen LogP) is 12.0. The first kappa shape index (κ1) is 30.6. The number of para-hydroxylation sites is 1. The number of anilines is 1. The Morgan fingerprint density at radius 3 is 2.24 bits per heavy atom. The number of benzene rings is 5. The van der Waals surface area contributed by atoms with Gasteiger partial charge in [0, 0.05) is 40.1 Å². The monoisotopic (exact) mass is 655 g/mol. The Bertz CT molecular complexity index is 2550. The highest BCUT2D eigenvalue weighted by Crippen LogP contribution is 2.46. The van der Waals surface area contributed by atoms with E-state index in [0.29, 0.717) is 12.3 Å². The standard InChI is InChI=1S/C48H37N3/c1-2-15-39(51-46-27-12-10-25-41(46)43-29-28-42-40-24-9-11-26-44(40)50-47(42)48(43)51)23-14-22-38-31-37(34-18-7-4-8-19-34)32-45(49-38)36-21-13-20-35(30-36)33-16-5-3-6-17-33/h2-21,23-32,40,44,50H,1,22H2/b23-14-,39-15+. The van der Waals surface area contributed by atoms with Gasteiger partial charge < -0.3 is 9.88 Å². The first-order valence-corrected chi connectivity index (χ1v) is 17.6. The quantitative estimate of drug-likeness (QED) is 0.165. The predicted molar refractivity (Wildman–Crippen MR) is 216 cm³/mol. The SMILES string of the molecule is C=C/C=C(\C=C/Cc1cc(-c2ccccc2)cc(-c2cccc(-c3ccccc3)c2)n1)n1c2ccccc2c2ccc3c(c21)NC1C=CC=CC31. The van der Waals surface area contributed by atoms with Gasteiger partial charge in [-0.05, 0) is 64.2 Å². The van der Waals surface area contributed by atoms with E-state index in [0.717, 1.165) is 28.2 Å². The van der Waals surface area contributed by atoms with Gasteiger partial charge in [-0.15, -0.1) is 0 Å². The van der Waals surface area contributed by atoms with Crippen LogP contribution in [0.1, 0.15) is 17.2 Å². The van der Waals surface area contributed by atoms with Crippen LogP contribution >= 0.6 is 0 Å². The Labute approximate surface area is 298 Å². The normalized spacial score (nSPS) is 16.4. The Morgan fingerprint density at radius 2 is 1.41 bits per heavy atom. The van der Waals surface area contributed by atoms with Gasteiger partial charge in [0.05, 0.1) is 28.5 Å². The largest absolute Gasteiger partial charge is 0.376 e. The summed E-state index contributed by atoms with van der Waals surface area (Å²) >= 11 is 0. The zero-order valence-corrected chi connectivity index (χ0v) is 28.3. The van der Waals surface area contributed by atoms with Crippen LogP contribution in [-0.4, -0.2) is 15.6 Å². The van der Waals surface area contributed by atoms with Gasteiger partial charge in [0.25, 0.3) is 0 Å². The van der Waals surface area contributed by atoms with E-state index in [2.05, 4.69) is 192 Å². The maximum atomic E-state index is 5.24. The van der Waals surface area contributed by atoms with Crippen molar-refractivity contribution in [3.05, 3.63) is 200 Å². The number of hydrogen-bond acceptors (Lipinski definition) is 2. The minimum Gasteiger partial charge on any atom is -0.376 e. The number of aromatic nitrogens is 2. The zero-order valence-electron chi connectivity index (χ0n) is 28.3. The summed E-state index contributed by atoms with van der Waals surface area (Å²) < 4.78 is 2.40. The molecular weight excluding hydrogens is 619 g/mol. The summed E-state index contributed by atoms with van der Waals surface area (Å²) in [5.41, 5.74) is 13.8. The van der Waals surface area contributed by atoms with Crippen LogP contribution in [0.3, 0.4) is 0 Å². The number of nitrogens with zero attached hydrogens (tertiary/aromatic N) is 2. The molecule has 0 spiro atoms. The van der Waals surface area contributed by atoms with E-state index in [9.17, 15) is 0 Å². The molecule has 0 saturated carbocycles. The Morgan fingerprint density at radius 1 is 0.686 bits per heavy atom. The first-order chi connectivity index (χ1) is 25.2. The van der Waals surface area contributed by atoms with Gasteiger partial charge in [0.2, 0.25) is 0 Å². The third kappa shape index (κ3) is 5.63.